The number of ether oxygens (including phenoxy) is 2. The lowest BCUT2D eigenvalue weighted by molar-refractivity contribution is -0.384. The number of non-ortho nitro benzene ring substituents is 1. The van der Waals surface area contributed by atoms with E-state index in [0.29, 0.717) is 16.8 Å². The van der Waals surface area contributed by atoms with E-state index in [1.54, 1.807) is 24.3 Å². The van der Waals surface area contributed by atoms with Crippen molar-refractivity contribution in [2.45, 2.75) is 13.5 Å². The van der Waals surface area contributed by atoms with Gasteiger partial charge in [0, 0.05) is 17.8 Å². The van der Waals surface area contributed by atoms with E-state index in [1.165, 1.54) is 37.5 Å². The quantitative estimate of drug-likeness (QED) is 0.195. The molecule has 0 aliphatic carbocycles. The highest BCUT2D eigenvalue weighted by Gasteiger charge is 2.35. The number of amides is 3. The molecule has 3 aromatic rings. The van der Waals surface area contributed by atoms with Crippen LogP contribution in [-0.2, 0) is 16.1 Å². The molecule has 3 aromatic carbocycles. The fourth-order valence-corrected chi connectivity index (χ4v) is 4.79. The zero-order chi connectivity index (χ0) is 28.1. The molecule has 39 heavy (non-hydrogen) atoms. The van der Waals surface area contributed by atoms with Crippen LogP contribution >= 0.6 is 23.4 Å². The number of carbonyl (C=O) groups excluding carboxylic acids is 3. The van der Waals surface area contributed by atoms with Crippen molar-refractivity contribution >= 4 is 57.9 Å². The lowest BCUT2D eigenvalue weighted by Crippen LogP contribution is -2.27. The summed E-state index contributed by atoms with van der Waals surface area (Å²) in [4.78, 5) is 49.4. The number of thioether (sulfide) groups is 1. The first-order valence-corrected chi connectivity index (χ1v) is 12.7. The molecule has 1 aliphatic heterocycles. The van der Waals surface area contributed by atoms with Crippen molar-refractivity contribution in [3.05, 3.63) is 97.4 Å². The molecule has 10 nitrogen and oxygen atoms in total. The highest BCUT2D eigenvalue weighted by atomic mass is 35.5. The number of rotatable bonds is 9. The van der Waals surface area contributed by atoms with Crippen molar-refractivity contribution in [3.8, 4) is 11.5 Å². The Labute approximate surface area is 232 Å². The van der Waals surface area contributed by atoms with E-state index in [4.69, 9.17) is 21.1 Å². The summed E-state index contributed by atoms with van der Waals surface area (Å²) in [5, 5.41) is 13.4. The van der Waals surface area contributed by atoms with Crippen LogP contribution < -0.4 is 14.8 Å². The van der Waals surface area contributed by atoms with E-state index in [-0.39, 0.29) is 40.3 Å². The second kappa shape index (κ2) is 12.0. The number of hydrogen-bond donors (Lipinski definition) is 1. The first-order chi connectivity index (χ1) is 18.6. The van der Waals surface area contributed by atoms with Gasteiger partial charge in [-0.25, -0.2) is 0 Å². The Balaban J connectivity index is 1.46. The number of nitro benzene ring substituents is 1. The van der Waals surface area contributed by atoms with Gasteiger partial charge in [-0.15, -0.1) is 0 Å². The molecule has 3 amide bonds. The Hall–Kier alpha value is -4.35. The highest BCUT2D eigenvalue weighted by molar-refractivity contribution is 8.18. The summed E-state index contributed by atoms with van der Waals surface area (Å²) in [6, 6.07) is 16.1. The van der Waals surface area contributed by atoms with Crippen molar-refractivity contribution in [2.75, 3.05) is 19.0 Å². The molecule has 0 aromatic heterocycles. The van der Waals surface area contributed by atoms with Gasteiger partial charge in [-0.1, -0.05) is 41.4 Å². The maximum atomic E-state index is 12.9. The molecule has 0 spiro atoms. The van der Waals surface area contributed by atoms with Crippen LogP contribution in [0.25, 0.3) is 6.08 Å². The zero-order valence-electron chi connectivity index (χ0n) is 20.8. The molecule has 4 rings (SSSR count). The Morgan fingerprint density at radius 3 is 2.59 bits per heavy atom. The van der Waals surface area contributed by atoms with Gasteiger partial charge in [-0.2, -0.15) is 0 Å². The lowest BCUT2D eigenvalue weighted by atomic mass is 10.1. The summed E-state index contributed by atoms with van der Waals surface area (Å²) in [5.74, 6) is -0.556. The molecule has 0 atom stereocenters. The second-order valence-corrected chi connectivity index (χ2v) is 9.83. The van der Waals surface area contributed by atoms with Crippen molar-refractivity contribution in [2.24, 2.45) is 0 Å². The van der Waals surface area contributed by atoms with Gasteiger partial charge < -0.3 is 14.8 Å². The van der Waals surface area contributed by atoms with Crippen LogP contribution in [0.3, 0.4) is 0 Å². The van der Waals surface area contributed by atoms with Crippen molar-refractivity contribution in [1.29, 1.82) is 0 Å². The number of anilines is 1. The third kappa shape index (κ3) is 6.75. The van der Waals surface area contributed by atoms with E-state index in [1.807, 2.05) is 19.1 Å². The Kier molecular flexibility index (Phi) is 8.52. The minimum absolute atomic E-state index is 0.106. The third-order valence-corrected chi connectivity index (χ3v) is 6.76. The SMILES string of the molecule is COc1cc(/C=C2/SC(=O)N(Cc3cccc([N+](=O)[O-])c3)C2=O)cc(Cl)c1OCC(=O)Nc1ccc(C)cc1. The lowest BCUT2D eigenvalue weighted by Gasteiger charge is -2.14. The maximum absolute atomic E-state index is 12.9. The van der Waals surface area contributed by atoms with Crippen LogP contribution in [0.5, 0.6) is 11.5 Å². The number of nitro groups is 1. The van der Waals surface area contributed by atoms with E-state index >= 15 is 0 Å². The number of halogens is 1. The number of imide groups is 1. The fourth-order valence-electron chi connectivity index (χ4n) is 3.67. The van der Waals surface area contributed by atoms with Gasteiger partial charge in [0.25, 0.3) is 22.7 Å². The summed E-state index contributed by atoms with van der Waals surface area (Å²) in [5.41, 5.74) is 2.47. The van der Waals surface area contributed by atoms with Crippen molar-refractivity contribution in [3.63, 3.8) is 0 Å². The summed E-state index contributed by atoms with van der Waals surface area (Å²) in [6.45, 7) is 1.52. The molecular weight excluding hydrogens is 546 g/mol. The Morgan fingerprint density at radius 1 is 1.15 bits per heavy atom. The van der Waals surface area contributed by atoms with Crippen LogP contribution in [0.4, 0.5) is 16.2 Å². The molecule has 1 N–H and O–H groups in total. The summed E-state index contributed by atoms with van der Waals surface area (Å²) in [7, 11) is 1.40. The van der Waals surface area contributed by atoms with Gasteiger partial charge in [0.1, 0.15) is 0 Å². The Morgan fingerprint density at radius 2 is 1.90 bits per heavy atom. The largest absolute Gasteiger partial charge is 0.493 e. The predicted molar refractivity (Wildman–Crippen MR) is 148 cm³/mol. The predicted octanol–water partition coefficient (Wildman–Crippen LogP) is 5.82. The number of methoxy groups -OCH3 is 1. The second-order valence-electron chi connectivity index (χ2n) is 8.43. The van der Waals surface area contributed by atoms with Crippen molar-refractivity contribution < 1.29 is 28.8 Å². The average molecular weight is 568 g/mol. The fraction of sp³-hybridized carbons (Fsp3) is 0.148. The molecule has 1 saturated heterocycles. The van der Waals surface area contributed by atoms with Crippen LogP contribution in [0, 0.1) is 17.0 Å². The van der Waals surface area contributed by atoms with E-state index in [2.05, 4.69) is 5.32 Å². The number of nitrogens with one attached hydrogen (secondary N) is 1. The minimum Gasteiger partial charge on any atom is -0.493 e. The van der Waals surface area contributed by atoms with Gasteiger partial charge >= 0.3 is 0 Å². The number of carbonyl (C=O) groups is 3. The normalized spacial score (nSPS) is 14.0. The number of nitrogens with zero attached hydrogens (tertiary/aromatic N) is 2. The number of benzene rings is 3. The molecule has 0 bridgehead atoms. The Bertz CT molecular complexity index is 1490. The maximum Gasteiger partial charge on any atom is 0.293 e. The molecule has 0 saturated carbocycles. The molecule has 0 unspecified atom stereocenters. The topological polar surface area (TPSA) is 128 Å². The molecule has 1 heterocycles. The van der Waals surface area contributed by atoms with E-state index < -0.39 is 22.0 Å². The van der Waals surface area contributed by atoms with Gasteiger partial charge in [0.05, 0.1) is 28.5 Å². The van der Waals surface area contributed by atoms with E-state index in [9.17, 15) is 24.5 Å². The van der Waals surface area contributed by atoms with Crippen LogP contribution in [0.2, 0.25) is 5.02 Å². The summed E-state index contributed by atoms with van der Waals surface area (Å²) >= 11 is 7.15. The van der Waals surface area contributed by atoms with E-state index in [0.717, 1.165) is 22.2 Å². The average Bonchev–Trinajstić information content (AvgIpc) is 3.16. The van der Waals surface area contributed by atoms with Gasteiger partial charge in [0.2, 0.25) is 0 Å². The molecule has 0 radical (unpaired) electrons. The van der Waals surface area contributed by atoms with Gasteiger partial charge in [0.15, 0.2) is 18.1 Å². The molecule has 200 valence electrons. The summed E-state index contributed by atoms with van der Waals surface area (Å²) < 4.78 is 11.0. The van der Waals surface area contributed by atoms with Crippen LogP contribution in [0.1, 0.15) is 16.7 Å². The smallest absolute Gasteiger partial charge is 0.293 e. The first kappa shape index (κ1) is 27.7. The zero-order valence-corrected chi connectivity index (χ0v) is 22.4. The third-order valence-electron chi connectivity index (χ3n) is 5.57. The first-order valence-electron chi connectivity index (χ1n) is 11.5. The number of aryl methyl sites for hydroxylation is 1. The number of hydrogen-bond acceptors (Lipinski definition) is 8. The molecule has 12 heteroatoms. The summed E-state index contributed by atoms with van der Waals surface area (Å²) in [6.07, 6.45) is 1.49. The van der Waals surface area contributed by atoms with Gasteiger partial charge in [-0.05, 0) is 60.2 Å². The van der Waals surface area contributed by atoms with Crippen molar-refractivity contribution in [1.82, 2.24) is 4.90 Å². The monoisotopic (exact) mass is 567 g/mol. The molecule has 1 fully saturated rings. The van der Waals surface area contributed by atoms with Crippen LogP contribution in [-0.4, -0.2) is 40.6 Å². The molecule has 1 aliphatic rings. The van der Waals surface area contributed by atoms with Gasteiger partial charge in [-0.3, -0.25) is 29.4 Å². The highest BCUT2D eigenvalue weighted by Crippen LogP contribution is 2.39. The van der Waals surface area contributed by atoms with Crippen LogP contribution in [0.15, 0.2) is 65.6 Å². The molecular formula is C27H22ClN3O7S. The minimum atomic E-state index is -0.543. The standard InChI is InChI=1S/C27H22ClN3O7S/c1-16-6-8-19(9-7-16)29-24(32)15-38-25-21(28)11-18(12-22(25)37-2)13-23-26(33)30(27(34)39-23)14-17-4-3-5-20(10-17)31(35)36/h3-13H,14-15H2,1-2H3,(H,29,32)/b23-13+.